The Hall–Kier alpha value is -2.10. The number of para-hydroxylation sites is 1. The largest absolute Gasteiger partial charge is 0.341 e. The van der Waals surface area contributed by atoms with E-state index in [0.717, 1.165) is 37.9 Å². The first-order valence-electron chi connectivity index (χ1n) is 7.56. The maximum atomic E-state index is 11.6. The van der Waals surface area contributed by atoms with Crippen molar-refractivity contribution in [3.05, 3.63) is 42.1 Å². The topological polar surface area (TPSA) is 45.2 Å². The number of likely N-dealkylation sites (tertiary alicyclic amines) is 1. The third kappa shape index (κ3) is 3.15. The van der Waals surface area contributed by atoms with Gasteiger partial charge in [-0.15, -0.1) is 0 Å². The number of pyridine rings is 1. The normalized spacial score (nSPS) is 16.1. The number of carbonyl (C=O) groups is 1. The summed E-state index contributed by atoms with van der Waals surface area (Å²) in [6.45, 7) is 1.71. The Kier molecular flexibility index (Phi) is 4.04. The van der Waals surface area contributed by atoms with E-state index >= 15 is 0 Å². The van der Waals surface area contributed by atoms with Crippen LogP contribution in [0.2, 0.25) is 0 Å². The average Bonchev–Trinajstić information content (AvgIpc) is 2.55. The van der Waals surface area contributed by atoms with Crippen LogP contribution >= 0.6 is 0 Å². The summed E-state index contributed by atoms with van der Waals surface area (Å²) in [5.41, 5.74) is 2.35. The molecule has 4 heteroatoms. The average molecular weight is 283 g/mol. The number of fused-ring (bicyclic) bond motifs is 1. The Morgan fingerprint density at radius 1 is 1.33 bits per heavy atom. The molecule has 1 aromatic carbocycles. The fourth-order valence-electron chi connectivity index (χ4n) is 3.06. The minimum absolute atomic E-state index is 0.0424. The van der Waals surface area contributed by atoms with Crippen molar-refractivity contribution in [2.45, 2.75) is 19.3 Å². The number of piperidine rings is 1. The summed E-state index contributed by atoms with van der Waals surface area (Å²) < 4.78 is 0. The van der Waals surface area contributed by atoms with E-state index in [1.165, 1.54) is 10.9 Å². The first-order valence-corrected chi connectivity index (χ1v) is 7.56. The molecule has 1 aliphatic heterocycles. The molecule has 0 atom stereocenters. The second kappa shape index (κ2) is 6.12. The second-order valence-electron chi connectivity index (χ2n) is 5.73. The smallest absolute Gasteiger partial charge is 0.317 e. The lowest BCUT2D eigenvalue weighted by Crippen LogP contribution is -2.43. The highest BCUT2D eigenvalue weighted by atomic mass is 16.2. The van der Waals surface area contributed by atoms with Gasteiger partial charge in [0.1, 0.15) is 0 Å². The Bertz CT molecular complexity index is 633. The SMILES string of the molecule is CNC(=O)N1CCC(Cc2cnc3ccccc3c2)CC1. The zero-order valence-corrected chi connectivity index (χ0v) is 12.4. The lowest BCUT2D eigenvalue weighted by molar-refractivity contribution is 0.172. The maximum absolute atomic E-state index is 11.6. The second-order valence-corrected chi connectivity index (χ2v) is 5.73. The number of carbonyl (C=O) groups excluding carboxylic acids is 1. The Labute approximate surface area is 125 Å². The summed E-state index contributed by atoms with van der Waals surface area (Å²) in [6.07, 6.45) is 5.19. The summed E-state index contributed by atoms with van der Waals surface area (Å²) in [4.78, 5) is 18.0. The molecule has 2 amide bonds. The van der Waals surface area contributed by atoms with E-state index < -0.39 is 0 Å². The van der Waals surface area contributed by atoms with Crippen molar-refractivity contribution in [2.75, 3.05) is 20.1 Å². The van der Waals surface area contributed by atoms with Crippen molar-refractivity contribution >= 4 is 16.9 Å². The van der Waals surface area contributed by atoms with Crippen LogP contribution in [0.25, 0.3) is 10.9 Å². The van der Waals surface area contributed by atoms with Gasteiger partial charge in [-0.3, -0.25) is 4.98 Å². The number of hydrogen-bond donors (Lipinski definition) is 1. The Morgan fingerprint density at radius 3 is 2.86 bits per heavy atom. The van der Waals surface area contributed by atoms with E-state index in [0.29, 0.717) is 5.92 Å². The minimum Gasteiger partial charge on any atom is -0.341 e. The number of nitrogens with zero attached hydrogens (tertiary/aromatic N) is 2. The Morgan fingerprint density at radius 2 is 2.10 bits per heavy atom. The van der Waals surface area contributed by atoms with Gasteiger partial charge in [0, 0.05) is 31.7 Å². The molecule has 1 aromatic heterocycles. The van der Waals surface area contributed by atoms with E-state index in [-0.39, 0.29) is 6.03 Å². The van der Waals surface area contributed by atoms with Gasteiger partial charge in [0.05, 0.1) is 5.52 Å². The predicted molar refractivity (Wildman–Crippen MR) is 84.2 cm³/mol. The van der Waals surface area contributed by atoms with Crippen LogP contribution in [0.3, 0.4) is 0 Å². The van der Waals surface area contributed by atoms with E-state index in [9.17, 15) is 4.79 Å². The van der Waals surface area contributed by atoms with Crippen LogP contribution in [0.15, 0.2) is 36.5 Å². The zero-order chi connectivity index (χ0) is 14.7. The molecule has 1 aliphatic rings. The van der Waals surface area contributed by atoms with E-state index in [2.05, 4.69) is 28.5 Å². The number of nitrogens with one attached hydrogen (secondary N) is 1. The number of rotatable bonds is 2. The van der Waals surface area contributed by atoms with Gasteiger partial charge in [0.25, 0.3) is 0 Å². The molecule has 0 bridgehead atoms. The third-order valence-corrected chi connectivity index (χ3v) is 4.29. The van der Waals surface area contributed by atoms with Crippen molar-refractivity contribution in [3.8, 4) is 0 Å². The number of hydrogen-bond acceptors (Lipinski definition) is 2. The summed E-state index contributed by atoms with van der Waals surface area (Å²) >= 11 is 0. The Balaban J connectivity index is 1.63. The molecule has 1 saturated heterocycles. The van der Waals surface area contributed by atoms with Crippen LogP contribution in [-0.2, 0) is 6.42 Å². The third-order valence-electron chi connectivity index (χ3n) is 4.29. The summed E-state index contributed by atoms with van der Waals surface area (Å²) in [7, 11) is 1.69. The highest BCUT2D eigenvalue weighted by molar-refractivity contribution is 5.78. The first kappa shape index (κ1) is 13.9. The minimum atomic E-state index is 0.0424. The van der Waals surface area contributed by atoms with Crippen molar-refractivity contribution in [1.82, 2.24) is 15.2 Å². The molecule has 0 aliphatic carbocycles. The molecule has 110 valence electrons. The van der Waals surface area contributed by atoms with Crippen LogP contribution in [0.5, 0.6) is 0 Å². The molecule has 1 fully saturated rings. The molecule has 1 N–H and O–H groups in total. The summed E-state index contributed by atoms with van der Waals surface area (Å²) in [5, 5.41) is 3.90. The summed E-state index contributed by atoms with van der Waals surface area (Å²) in [5.74, 6) is 0.647. The van der Waals surface area contributed by atoms with Crippen LogP contribution in [0.4, 0.5) is 4.79 Å². The van der Waals surface area contributed by atoms with Crippen molar-refractivity contribution < 1.29 is 4.79 Å². The summed E-state index contributed by atoms with van der Waals surface area (Å²) in [6, 6.07) is 10.5. The van der Waals surface area contributed by atoms with Gasteiger partial charge in [0.15, 0.2) is 0 Å². The number of benzene rings is 1. The number of aromatic nitrogens is 1. The standard InChI is InChI=1S/C17H21N3O/c1-18-17(21)20-8-6-13(7-9-20)10-14-11-15-4-2-3-5-16(15)19-12-14/h2-5,11-13H,6-10H2,1H3,(H,18,21). The molecule has 0 spiro atoms. The lowest BCUT2D eigenvalue weighted by Gasteiger charge is -2.31. The fourth-order valence-corrected chi connectivity index (χ4v) is 3.06. The van der Waals surface area contributed by atoms with E-state index in [1.807, 2.05) is 23.2 Å². The van der Waals surface area contributed by atoms with Crippen molar-refractivity contribution in [2.24, 2.45) is 5.92 Å². The highest BCUT2D eigenvalue weighted by Gasteiger charge is 2.22. The van der Waals surface area contributed by atoms with Crippen LogP contribution in [0, 0.1) is 5.92 Å². The van der Waals surface area contributed by atoms with E-state index in [4.69, 9.17) is 0 Å². The fraction of sp³-hybridized carbons (Fsp3) is 0.412. The molecule has 4 nitrogen and oxygen atoms in total. The van der Waals surface area contributed by atoms with Crippen molar-refractivity contribution in [3.63, 3.8) is 0 Å². The quantitative estimate of drug-likeness (QED) is 0.921. The van der Waals surface area contributed by atoms with Crippen LogP contribution < -0.4 is 5.32 Å². The van der Waals surface area contributed by atoms with Gasteiger partial charge < -0.3 is 10.2 Å². The molecule has 0 saturated carbocycles. The molecule has 2 heterocycles. The number of urea groups is 1. The van der Waals surface area contributed by atoms with Gasteiger partial charge in [-0.25, -0.2) is 4.79 Å². The van der Waals surface area contributed by atoms with Crippen LogP contribution in [-0.4, -0.2) is 36.1 Å². The monoisotopic (exact) mass is 283 g/mol. The zero-order valence-electron chi connectivity index (χ0n) is 12.4. The van der Waals surface area contributed by atoms with Crippen molar-refractivity contribution in [1.29, 1.82) is 0 Å². The molecule has 0 unspecified atom stereocenters. The molecule has 0 radical (unpaired) electrons. The van der Waals surface area contributed by atoms with Gasteiger partial charge in [-0.2, -0.15) is 0 Å². The molecule has 21 heavy (non-hydrogen) atoms. The maximum Gasteiger partial charge on any atom is 0.317 e. The van der Waals surface area contributed by atoms with E-state index in [1.54, 1.807) is 7.05 Å². The molecular formula is C17H21N3O. The first-order chi connectivity index (χ1) is 10.3. The van der Waals surface area contributed by atoms with Gasteiger partial charge in [-0.05, 0) is 42.9 Å². The number of amides is 2. The molecule has 3 rings (SSSR count). The predicted octanol–water partition coefficient (Wildman–Crippen LogP) is 2.83. The molecular weight excluding hydrogens is 262 g/mol. The highest BCUT2D eigenvalue weighted by Crippen LogP contribution is 2.23. The van der Waals surface area contributed by atoms with Gasteiger partial charge >= 0.3 is 6.03 Å². The van der Waals surface area contributed by atoms with Gasteiger partial charge in [0.2, 0.25) is 0 Å². The van der Waals surface area contributed by atoms with Crippen LogP contribution in [0.1, 0.15) is 18.4 Å². The lowest BCUT2D eigenvalue weighted by atomic mass is 9.90. The van der Waals surface area contributed by atoms with Gasteiger partial charge in [-0.1, -0.05) is 18.2 Å². The molecule has 2 aromatic rings.